The third-order valence-electron chi connectivity index (χ3n) is 0.799. The molecular weight excluding hydrogens is 128 g/mol. The molecule has 2 nitrogen and oxygen atoms in total. The molecule has 0 aliphatic heterocycles. The molecule has 0 saturated carbocycles. The Bertz CT molecular complexity index is 162. The van der Waals surface area contributed by atoms with Crippen molar-refractivity contribution in [1.82, 2.24) is 0 Å². The van der Waals surface area contributed by atoms with Gasteiger partial charge in [-0.05, 0) is 19.9 Å². The fourth-order valence-corrected chi connectivity index (χ4v) is 0.468. The lowest BCUT2D eigenvalue weighted by Gasteiger charge is -1.86. The van der Waals surface area contributed by atoms with Crippen molar-refractivity contribution in [1.29, 1.82) is 0 Å². The van der Waals surface area contributed by atoms with Gasteiger partial charge in [-0.25, -0.2) is 0 Å². The Hall–Kier alpha value is -1.05. The summed E-state index contributed by atoms with van der Waals surface area (Å²) in [6.07, 6.45) is 4.30. The van der Waals surface area contributed by atoms with E-state index in [0.29, 0.717) is 0 Å². The van der Waals surface area contributed by atoms with Crippen LogP contribution in [-0.4, -0.2) is 12.9 Å². The largest absolute Gasteiger partial charge is 0.504 e. The van der Waals surface area contributed by atoms with Gasteiger partial charge in [-0.3, -0.25) is 4.79 Å². The first-order chi connectivity index (χ1) is 4.66. The molecule has 0 aromatic rings. The zero-order valence-corrected chi connectivity index (χ0v) is 6.55. The fraction of sp³-hybridized carbons (Fsp3) is 0.375. The van der Waals surface area contributed by atoms with Crippen LogP contribution in [0, 0.1) is 0 Å². The monoisotopic (exact) mass is 140 g/mol. The summed E-state index contributed by atoms with van der Waals surface area (Å²) in [6.45, 7) is 3.75. The molecule has 2 heteroatoms. The Morgan fingerprint density at radius 1 is 1.40 bits per heavy atom. The van der Waals surface area contributed by atoms with Crippen molar-refractivity contribution in [2.24, 2.45) is 0 Å². The summed E-state index contributed by atoms with van der Waals surface area (Å²) in [5, 5.41) is 0. The molecule has 0 aliphatic carbocycles. The average molecular weight is 140 g/mol. The quantitative estimate of drug-likeness (QED) is 0.440. The van der Waals surface area contributed by atoms with E-state index in [1.165, 1.54) is 19.4 Å². The molecule has 0 aromatic heterocycles. The number of rotatable bonds is 3. The predicted octanol–water partition coefficient (Wildman–Crippen LogP) is 1.68. The van der Waals surface area contributed by atoms with E-state index in [1.807, 2.05) is 13.8 Å². The molecule has 0 atom stereocenters. The van der Waals surface area contributed by atoms with Crippen LogP contribution in [0.2, 0.25) is 0 Å². The molecule has 0 heterocycles. The highest BCUT2D eigenvalue weighted by Gasteiger charge is 1.87. The lowest BCUT2D eigenvalue weighted by Crippen LogP contribution is -1.86. The SMILES string of the molecule is CO/C=C/C(=O)C=C(C)C. The Kier molecular flexibility index (Phi) is 4.29. The summed E-state index contributed by atoms with van der Waals surface area (Å²) in [7, 11) is 1.51. The van der Waals surface area contributed by atoms with Gasteiger partial charge in [0.1, 0.15) is 0 Å². The highest BCUT2D eigenvalue weighted by atomic mass is 16.5. The predicted molar refractivity (Wildman–Crippen MR) is 40.6 cm³/mol. The number of carbonyl (C=O) groups excluding carboxylic acids is 1. The van der Waals surface area contributed by atoms with Crippen LogP contribution in [-0.2, 0) is 9.53 Å². The summed E-state index contributed by atoms with van der Waals surface area (Å²) < 4.78 is 4.56. The molecule has 0 unspecified atom stereocenters. The average Bonchev–Trinajstić information content (AvgIpc) is 1.82. The van der Waals surface area contributed by atoms with E-state index in [9.17, 15) is 4.79 Å². The molecule has 10 heavy (non-hydrogen) atoms. The van der Waals surface area contributed by atoms with Crippen LogP contribution in [0.25, 0.3) is 0 Å². The van der Waals surface area contributed by atoms with Crippen LogP contribution in [0.4, 0.5) is 0 Å². The first-order valence-electron chi connectivity index (χ1n) is 3.05. The molecule has 0 rings (SSSR count). The molecule has 0 fully saturated rings. The lowest BCUT2D eigenvalue weighted by molar-refractivity contribution is -0.110. The molecule has 0 radical (unpaired) electrons. The summed E-state index contributed by atoms with van der Waals surface area (Å²) in [6, 6.07) is 0. The highest BCUT2D eigenvalue weighted by Crippen LogP contribution is 1.89. The van der Waals surface area contributed by atoms with E-state index in [1.54, 1.807) is 6.08 Å². The molecule has 0 amide bonds. The van der Waals surface area contributed by atoms with Crippen molar-refractivity contribution in [3.8, 4) is 0 Å². The van der Waals surface area contributed by atoms with Crippen molar-refractivity contribution >= 4 is 5.78 Å². The fourth-order valence-electron chi connectivity index (χ4n) is 0.468. The second-order valence-corrected chi connectivity index (χ2v) is 2.16. The summed E-state index contributed by atoms with van der Waals surface area (Å²) in [5.74, 6) is -0.0400. The lowest BCUT2D eigenvalue weighted by atomic mass is 10.2. The minimum absolute atomic E-state index is 0.0400. The highest BCUT2D eigenvalue weighted by molar-refractivity contribution is 5.99. The van der Waals surface area contributed by atoms with Gasteiger partial charge in [0.15, 0.2) is 5.78 Å². The molecular formula is C8H12O2. The summed E-state index contributed by atoms with van der Waals surface area (Å²) in [4.78, 5) is 10.8. The maximum Gasteiger partial charge on any atom is 0.181 e. The number of methoxy groups -OCH3 is 1. The van der Waals surface area contributed by atoms with Gasteiger partial charge in [0.2, 0.25) is 0 Å². The van der Waals surface area contributed by atoms with Gasteiger partial charge in [0.25, 0.3) is 0 Å². The number of hydrogen-bond donors (Lipinski definition) is 0. The summed E-state index contributed by atoms with van der Waals surface area (Å²) in [5.41, 5.74) is 0.991. The Morgan fingerprint density at radius 2 is 2.00 bits per heavy atom. The molecule has 0 aliphatic rings. The topological polar surface area (TPSA) is 26.3 Å². The molecule has 0 bridgehead atoms. The number of carbonyl (C=O) groups is 1. The van der Waals surface area contributed by atoms with Gasteiger partial charge in [0.05, 0.1) is 13.4 Å². The Balaban J connectivity index is 3.87. The zero-order valence-electron chi connectivity index (χ0n) is 6.55. The molecule has 0 N–H and O–H groups in total. The third kappa shape index (κ3) is 5.09. The number of allylic oxidation sites excluding steroid dienone is 3. The van der Waals surface area contributed by atoms with Crippen molar-refractivity contribution in [3.63, 3.8) is 0 Å². The molecule has 56 valence electrons. The second-order valence-electron chi connectivity index (χ2n) is 2.16. The zero-order chi connectivity index (χ0) is 7.98. The van der Waals surface area contributed by atoms with E-state index >= 15 is 0 Å². The first kappa shape index (κ1) is 8.95. The minimum Gasteiger partial charge on any atom is -0.504 e. The maximum absolute atomic E-state index is 10.8. The van der Waals surface area contributed by atoms with E-state index in [4.69, 9.17) is 0 Å². The minimum atomic E-state index is -0.0400. The number of ether oxygens (including phenoxy) is 1. The van der Waals surface area contributed by atoms with Gasteiger partial charge in [0, 0.05) is 6.08 Å². The van der Waals surface area contributed by atoms with Crippen LogP contribution < -0.4 is 0 Å². The van der Waals surface area contributed by atoms with E-state index in [0.717, 1.165) is 5.57 Å². The smallest absolute Gasteiger partial charge is 0.181 e. The van der Waals surface area contributed by atoms with E-state index < -0.39 is 0 Å². The van der Waals surface area contributed by atoms with E-state index in [2.05, 4.69) is 4.74 Å². The maximum atomic E-state index is 10.8. The number of ketones is 1. The standard InChI is InChI=1S/C8H12O2/c1-7(2)6-8(9)4-5-10-3/h4-6H,1-3H3/b5-4+. The van der Waals surface area contributed by atoms with Crippen LogP contribution in [0.5, 0.6) is 0 Å². The second kappa shape index (κ2) is 4.79. The molecule has 0 spiro atoms. The van der Waals surface area contributed by atoms with Crippen molar-refractivity contribution in [2.75, 3.05) is 7.11 Å². The van der Waals surface area contributed by atoms with Crippen LogP contribution in [0.1, 0.15) is 13.8 Å². The first-order valence-corrected chi connectivity index (χ1v) is 3.05. The van der Waals surface area contributed by atoms with Gasteiger partial charge in [-0.2, -0.15) is 0 Å². The normalized spacial score (nSPS) is 9.50. The Morgan fingerprint density at radius 3 is 2.40 bits per heavy atom. The van der Waals surface area contributed by atoms with Crippen molar-refractivity contribution in [2.45, 2.75) is 13.8 Å². The number of hydrogen-bond acceptors (Lipinski definition) is 2. The summed E-state index contributed by atoms with van der Waals surface area (Å²) >= 11 is 0. The van der Waals surface area contributed by atoms with E-state index in [-0.39, 0.29) is 5.78 Å². The van der Waals surface area contributed by atoms with Gasteiger partial charge in [-0.15, -0.1) is 0 Å². The van der Waals surface area contributed by atoms with Gasteiger partial charge < -0.3 is 4.74 Å². The van der Waals surface area contributed by atoms with Crippen LogP contribution >= 0.6 is 0 Å². The molecule has 0 saturated heterocycles. The van der Waals surface area contributed by atoms with Crippen molar-refractivity contribution in [3.05, 3.63) is 24.0 Å². The van der Waals surface area contributed by atoms with Crippen LogP contribution in [0.15, 0.2) is 24.0 Å². The van der Waals surface area contributed by atoms with Crippen LogP contribution in [0.3, 0.4) is 0 Å². The molecule has 0 aromatic carbocycles. The van der Waals surface area contributed by atoms with Gasteiger partial charge in [-0.1, -0.05) is 5.57 Å². The van der Waals surface area contributed by atoms with Crippen molar-refractivity contribution < 1.29 is 9.53 Å². The Labute approximate surface area is 61.2 Å². The third-order valence-corrected chi connectivity index (χ3v) is 0.799. The van der Waals surface area contributed by atoms with Gasteiger partial charge >= 0.3 is 0 Å².